The van der Waals surface area contributed by atoms with E-state index in [9.17, 15) is 10.2 Å². The molecule has 3 aliphatic carbocycles. The Bertz CT molecular complexity index is 1350. The van der Waals surface area contributed by atoms with Crippen LogP contribution in [0.25, 0.3) is 0 Å². The Hall–Kier alpha value is 1.17. The minimum absolute atomic E-state index is 0. The maximum atomic E-state index is 9.64. The molecule has 55 heavy (non-hydrogen) atoms. The van der Waals surface area contributed by atoms with Crippen LogP contribution >= 0.6 is 34.8 Å². The molecule has 3 aromatic rings. The van der Waals surface area contributed by atoms with Gasteiger partial charge in [-0.1, -0.05) is 0 Å². The summed E-state index contributed by atoms with van der Waals surface area (Å²) >= 11 is 16.3. The molecule has 3 fully saturated rings. The SMILES string of the molecule is Cc1[c-]c(N[C@@H]2C[C@H](CO)[C@@H](O)C2)n[c-]n1.Clc1[c-]c(Cl)n[c-]n1.N[C@@H]1C[C@H](CO)[C@@H](O)C1.OC[C@H]1C[C@@H](Nc2[c-]c(Cl)n[c-]n2)C[C@@H]1O.[Rh].[Rh].[Rh].[Rh].[Rh].[Rh]. The molecule has 9 atom stereocenters. The molecular formula is C31H40Cl3N9O6Rh6-6. The number of aliphatic hydroxyl groups is 6. The standard InChI is InChI=1S/C11H15N3O2.C10H12ClN3O2.C6H13NO2.C4Cl2N2.6Rh/c1-7-2-11(13-6-12-7)14-9-3-8(5-15)10(16)4-9;11-9-3-10(13-5-12-9)14-7-1-6(4-15)8(16)2-7;7-5-1-4(3-8)6(9)2-5;5-3-1-4(6)8-2-7-3;;;;;;/h8-10,15-16H,3-5H2,1H3,(H,12,13,14);6-8,15-16H,1-2,4H2,(H,12,13,14);4-6,8-9H,1-3,7H2;;;;;;;/q2*-2;;-2;;;;;;/t8-,9-,10+;6-,7-,8+;4-,5-,6+;;;;;;;/m111......./s1. The first-order valence-corrected chi connectivity index (χ1v) is 16.6. The van der Waals surface area contributed by atoms with E-state index in [0.717, 1.165) is 18.5 Å². The molecule has 6 radical (unpaired) electrons. The van der Waals surface area contributed by atoms with Gasteiger partial charge in [-0.25, -0.2) is 0 Å². The van der Waals surface area contributed by atoms with Gasteiger partial charge in [-0.2, -0.15) is 61.9 Å². The zero-order chi connectivity index (χ0) is 35.9. The van der Waals surface area contributed by atoms with E-state index in [4.69, 9.17) is 61.0 Å². The second kappa shape index (κ2) is 33.8. The number of hydrogen-bond acceptors (Lipinski definition) is 15. The van der Waals surface area contributed by atoms with Crippen LogP contribution in [0, 0.1) is 61.9 Å². The summed E-state index contributed by atoms with van der Waals surface area (Å²) in [5, 5.41) is 61.9. The Morgan fingerprint density at radius 1 is 0.545 bits per heavy atom. The number of nitrogens with one attached hydrogen (secondary N) is 2. The maximum Gasteiger partial charge on any atom is 0.0610 e. The number of aliphatic hydroxyl groups excluding tert-OH is 6. The summed E-state index contributed by atoms with van der Waals surface area (Å²) in [6, 6.07) is 8.46. The molecule has 326 valence electrons. The molecule has 10 N–H and O–H groups in total. The Balaban J connectivity index is -0.000000316. The topological polar surface area (TPSA) is 249 Å². The minimum Gasteiger partial charge on any atom is -0.550 e. The van der Waals surface area contributed by atoms with E-state index in [1.807, 2.05) is 6.92 Å². The largest absolute Gasteiger partial charge is 0.550 e. The average molecular weight is 1360 g/mol. The Morgan fingerprint density at radius 2 is 0.909 bits per heavy atom. The van der Waals surface area contributed by atoms with E-state index in [-0.39, 0.29) is 194 Å². The summed E-state index contributed by atoms with van der Waals surface area (Å²) in [6.45, 7) is 1.91. The van der Waals surface area contributed by atoms with E-state index >= 15 is 0 Å². The zero-order valence-corrected chi connectivity index (χ0v) is 40.7. The number of halogens is 3. The molecule has 3 heterocycles. The molecule has 3 aliphatic rings. The van der Waals surface area contributed by atoms with Gasteiger partial charge in [-0.15, -0.1) is 6.92 Å². The van der Waals surface area contributed by atoms with Gasteiger partial charge in [0.1, 0.15) is 0 Å². The van der Waals surface area contributed by atoms with Crippen molar-refractivity contribution in [1.29, 1.82) is 0 Å². The molecule has 0 bridgehead atoms. The quantitative estimate of drug-likeness (QED) is 0.0896. The summed E-state index contributed by atoms with van der Waals surface area (Å²) in [5.41, 5.74) is 6.25. The summed E-state index contributed by atoms with van der Waals surface area (Å²) in [5.74, 6) is 0.988. The van der Waals surface area contributed by atoms with Crippen molar-refractivity contribution in [3.05, 3.63) is 58.3 Å². The number of anilines is 2. The normalized spacial score (nSPS) is 25.5. The van der Waals surface area contributed by atoms with Crippen molar-refractivity contribution >= 4 is 46.4 Å². The van der Waals surface area contributed by atoms with Gasteiger partial charge in [0.05, 0.1) is 18.3 Å². The van der Waals surface area contributed by atoms with E-state index < -0.39 is 12.2 Å². The molecule has 0 aliphatic heterocycles. The number of aryl methyl sites for hydroxylation is 1. The third-order valence-electron chi connectivity index (χ3n) is 8.11. The molecule has 6 rings (SSSR count). The van der Waals surface area contributed by atoms with E-state index in [1.54, 1.807) is 0 Å². The molecule has 0 aromatic carbocycles. The van der Waals surface area contributed by atoms with Gasteiger partial charge < -0.3 is 95.1 Å². The monoisotopic (exact) mass is 1360 g/mol. The first-order valence-electron chi connectivity index (χ1n) is 15.5. The van der Waals surface area contributed by atoms with Crippen molar-refractivity contribution in [2.24, 2.45) is 23.5 Å². The summed E-state index contributed by atoms with van der Waals surface area (Å²) in [7, 11) is 0. The fourth-order valence-electron chi connectivity index (χ4n) is 5.60. The Labute approximate surface area is 413 Å². The molecule has 0 amide bonds. The molecule has 24 heteroatoms. The number of nitrogens with two attached hydrogens (primary N) is 1. The third-order valence-corrected chi connectivity index (χ3v) is 8.64. The van der Waals surface area contributed by atoms with Gasteiger partial charge in [-0.05, 0) is 38.5 Å². The van der Waals surface area contributed by atoms with Gasteiger partial charge in [0.25, 0.3) is 0 Å². The molecule has 0 spiro atoms. The smallest absolute Gasteiger partial charge is 0.0610 e. The van der Waals surface area contributed by atoms with Crippen LogP contribution < -0.4 is 16.4 Å². The van der Waals surface area contributed by atoms with Gasteiger partial charge in [0.15, 0.2) is 0 Å². The fraction of sp³-hybridized carbons (Fsp3) is 0.613. The molecule has 3 aromatic heterocycles. The Kier molecular flexibility index (Phi) is 38.6. The second-order valence-electron chi connectivity index (χ2n) is 11.9. The van der Waals surface area contributed by atoms with Crippen LogP contribution in [0.5, 0.6) is 0 Å². The first-order chi connectivity index (χ1) is 23.4. The molecular weight excluding hydrogens is 1320 g/mol. The van der Waals surface area contributed by atoms with Crippen molar-refractivity contribution in [3.63, 3.8) is 0 Å². The van der Waals surface area contributed by atoms with Crippen LogP contribution in [0.15, 0.2) is 0 Å². The van der Waals surface area contributed by atoms with Crippen molar-refractivity contribution < 1.29 is 148 Å². The van der Waals surface area contributed by atoms with Crippen LogP contribution in [0.4, 0.5) is 11.6 Å². The van der Waals surface area contributed by atoms with Crippen LogP contribution in [-0.2, 0) is 117 Å². The van der Waals surface area contributed by atoms with Crippen LogP contribution in [0.1, 0.15) is 44.2 Å². The van der Waals surface area contributed by atoms with Crippen LogP contribution in [0.2, 0.25) is 15.5 Å². The molecule has 3 saturated carbocycles. The number of aromatic nitrogens is 6. The predicted octanol–water partition coefficient (Wildman–Crippen LogP) is 0.649. The van der Waals surface area contributed by atoms with E-state index in [0.29, 0.717) is 37.3 Å². The predicted molar refractivity (Wildman–Crippen MR) is 179 cm³/mol. The minimum atomic E-state index is -0.469. The number of hydrogen-bond donors (Lipinski definition) is 9. The summed E-state index contributed by atoms with van der Waals surface area (Å²) in [6.07, 6.45) is 9.96. The summed E-state index contributed by atoms with van der Waals surface area (Å²) in [4.78, 5) is 22.1. The average Bonchev–Trinajstić information content (AvgIpc) is 3.71. The van der Waals surface area contributed by atoms with Crippen LogP contribution in [0.3, 0.4) is 0 Å². The van der Waals surface area contributed by atoms with Gasteiger partial charge in [-0.3, -0.25) is 5.69 Å². The number of nitrogens with zero attached hydrogens (tertiary/aromatic N) is 6. The van der Waals surface area contributed by atoms with Crippen molar-refractivity contribution in [2.75, 3.05) is 30.5 Å². The van der Waals surface area contributed by atoms with Gasteiger partial charge >= 0.3 is 0 Å². The van der Waals surface area contributed by atoms with E-state index in [2.05, 4.69) is 77.7 Å². The zero-order valence-electron chi connectivity index (χ0n) is 28.6. The van der Waals surface area contributed by atoms with Crippen molar-refractivity contribution in [2.45, 2.75) is 81.9 Å². The molecule has 15 nitrogen and oxygen atoms in total. The fourth-order valence-corrected chi connectivity index (χ4v) is 6.03. The maximum absolute atomic E-state index is 9.64. The van der Waals surface area contributed by atoms with Gasteiger partial charge in [0, 0.05) is 192 Å². The van der Waals surface area contributed by atoms with Crippen molar-refractivity contribution in [1.82, 2.24) is 29.9 Å². The first kappa shape index (κ1) is 62.8. The second-order valence-corrected chi connectivity index (χ2v) is 13.0. The van der Waals surface area contributed by atoms with E-state index in [1.165, 1.54) is 0 Å². The Morgan fingerprint density at radius 3 is 1.22 bits per heavy atom. The number of rotatable bonds is 7. The third kappa shape index (κ3) is 23.7. The van der Waals surface area contributed by atoms with Crippen LogP contribution in [-0.4, -0.2) is 117 Å². The van der Waals surface area contributed by atoms with Gasteiger partial charge in [0.2, 0.25) is 0 Å². The molecule has 0 saturated heterocycles. The van der Waals surface area contributed by atoms with Crippen molar-refractivity contribution in [3.8, 4) is 0 Å². The molecule has 0 unspecified atom stereocenters. The summed E-state index contributed by atoms with van der Waals surface area (Å²) < 4.78 is 0.